The van der Waals surface area contributed by atoms with Gasteiger partial charge in [-0.1, -0.05) is 11.6 Å². The third kappa shape index (κ3) is 4.35. The number of nitro benzene ring substituents is 1. The lowest BCUT2D eigenvalue weighted by molar-refractivity contribution is -0.383. The van der Waals surface area contributed by atoms with Gasteiger partial charge in [-0.05, 0) is 30.3 Å². The second-order valence-corrected chi connectivity index (χ2v) is 5.12. The Balaban J connectivity index is 2.21. The lowest BCUT2D eigenvalue weighted by Crippen LogP contribution is -2.04. The summed E-state index contributed by atoms with van der Waals surface area (Å²) < 4.78 is 10.3. The quantitative estimate of drug-likeness (QED) is 0.463. The van der Waals surface area contributed by atoms with Crippen LogP contribution in [0.5, 0.6) is 5.75 Å². The fourth-order valence-corrected chi connectivity index (χ4v) is 2.18. The van der Waals surface area contributed by atoms with E-state index in [0.29, 0.717) is 29.7 Å². The predicted octanol–water partition coefficient (Wildman–Crippen LogP) is 3.89. The normalized spacial score (nSPS) is 10.0. The minimum atomic E-state index is -0.549. The van der Waals surface area contributed by atoms with Crippen LogP contribution in [0.25, 0.3) is 0 Å². The Morgan fingerprint density at radius 2 is 2.08 bits per heavy atom. The zero-order valence-electron chi connectivity index (χ0n) is 12.8. The van der Waals surface area contributed by atoms with Gasteiger partial charge in [-0.15, -0.1) is 0 Å². The van der Waals surface area contributed by atoms with Crippen LogP contribution < -0.4 is 10.1 Å². The predicted molar refractivity (Wildman–Crippen MR) is 89.9 cm³/mol. The van der Waals surface area contributed by atoms with E-state index in [1.807, 2.05) is 6.07 Å². The molecule has 0 saturated carbocycles. The number of hydrogen-bond acceptors (Lipinski definition) is 6. The van der Waals surface area contributed by atoms with Crippen LogP contribution in [0.15, 0.2) is 36.4 Å². The molecule has 0 saturated heterocycles. The van der Waals surface area contributed by atoms with Crippen LogP contribution in [0.3, 0.4) is 0 Å². The standard InChI is InChI=1S/C16H14ClN3O4/c1-23-6-7-24-16-5-3-12(9-13(16)17)19-14-4-2-11(10-18)8-15(14)20(21)22/h2-5,8-9,19H,6-7H2,1H3. The minimum absolute atomic E-state index is 0.189. The van der Waals surface area contributed by atoms with E-state index in [0.717, 1.165) is 0 Å². The summed E-state index contributed by atoms with van der Waals surface area (Å²) in [5.74, 6) is 0.494. The van der Waals surface area contributed by atoms with Crippen LogP contribution in [-0.4, -0.2) is 25.2 Å². The van der Waals surface area contributed by atoms with Crippen LogP contribution in [0.2, 0.25) is 5.02 Å². The number of ether oxygens (including phenoxy) is 2. The fourth-order valence-electron chi connectivity index (χ4n) is 1.94. The van der Waals surface area contributed by atoms with Crippen molar-refractivity contribution < 1.29 is 14.4 Å². The second kappa shape index (κ2) is 8.15. The first-order valence-corrected chi connectivity index (χ1v) is 7.30. The van der Waals surface area contributed by atoms with Gasteiger partial charge in [-0.2, -0.15) is 5.26 Å². The van der Waals surface area contributed by atoms with Gasteiger partial charge >= 0.3 is 0 Å². The van der Waals surface area contributed by atoms with Crippen LogP contribution in [-0.2, 0) is 4.74 Å². The maximum atomic E-state index is 11.1. The summed E-state index contributed by atoms with van der Waals surface area (Å²) >= 11 is 6.14. The maximum Gasteiger partial charge on any atom is 0.293 e. The Labute approximate surface area is 143 Å². The maximum absolute atomic E-state index is 11.1. The van der Waals surface area contributed by atoms with Crippen molar-refractivity contribution >= 4 is 28.7 Å². The Morgan fingerprint density at radius 3 is 2.71 bits per heavy atom. The molecule has 0 spiro atoms. The smallest absolute Gasteiger partial charge is 0.293 e. The van der Waals surface area contributed by atoms with E-state index >= 15 is 0 Å². The summed E-state index contributed by atoms with van der Waals surface area (Å²) in [7, 11) is 1.57. The van der Waals surface area contributed by atoms with Gasteiger partial charge in [-0.3, -0.25) is 10.1 Å². The fraction of sp³-hybridized carbons (Fsp3) is 0.188. The number of nitriles is 1. The lowest BCUT2D eigenvalue weighted by Gasteiger charge is -2.11. The molecule has 2 rings (SSSR count). The van der Waals surface area contributed by atoms with Gasteiger partial charge in [0.2, 0.25) is 0 Å². The highest BCUT2D eigenvalue weighted by Crippen LogP contribution is 2.32. The molecule has 24 heavy (non-hydrogen) atoms. The largest absolute Gasteiger partial charge is 0.490 e. The summed E-state index contributed by atoms with van der Waals surface area (Å²) in [6.45, 7) is 0.803. The van der Waals surface area contributed by atoms with E-state index in [9.17, 15) is 10.1 Å². The molecule has 0 aromatic heterocycles. The summed E-state index contributed by atoms with van der Waals surface area (Å²) in [4.78, 5) is 10.6. The van der Waals surface area contributed by atoms with Gasteiger partial charge in [0.05, 0.1) is 28.2 Å². The van der Waals surface area contributed by atoms with Crippen LogP contribution >= 0.6 is 11.6 Å². The second-order valence-electron chi connectivity index (χ2n) is 4.71. The zero-order chi connectivity index (χ0) is 17.5. The molecule has 2 aromatic carbocycles. The molecule has 7 nitrogen and oxygen atoms in total. The Morgan fingerprint density at radius 1 is 1.29 bits per heavy atom. The Kier molecular flexibility index (Phi) is 5.95. The highest BCUT2D eigenvalue weighted by molar-refractivity contribution is 6.32. The van der Waals surface area contributed by atoms with E-state index < -0.39 is 4.92 Å². The van der Waals surface area contributed by atoms with Crippen molar-refractivity contribution in [3.05, 3.63) is 57.1 Å². The number of benzene rings is 2. The molecular weight excluding hydrogens is 334 g/mol. The summed E-state index contributed by atoms with van der Waals surface area (Å²) in [6, 6.07) is 11.0. The van der Waals surface area contributed by atoms with Crippen molar-refractivity contribution in [2.45, 2.75) is 0 Å². The van der Waals surface area contributed by atoms with Crippen molar-refractivity contribution in [3.8, 4) is 11.8 Å². The number of nitrogens with zero attached hydrogens (tertiary/aromatic N) is 2. The molecule has 0 radical (unpaired) electrons. The van der Waals surface area contributed by atoms with Crippen molar-refractivity contribution in [1.82, 2.24) is 0 Å². The van der Waals surface area contributed by atoms with Crippen molar-refractivity contribution in [2.75, 3.05) is 25.6 Å². The van der Waals surface area contributed by atoms with E-state index in [1.54, 1.807) is 25.3 Å². The van der Waals surface area contributed by atoms with Crippen molar-refractivity contribution in [1.29, 1.82) is 5.26 Å². The third-order valence-electron chi connectivity index (χ3n) is 3.08. The first kappa shape index (κ1) is 17.5. The molecule has 0 unspecified atom stereocenters. The number of methoxy groups -OCH3 is 1. The average Bonchev–Trinajstić information content (AvgIpc) is 2.57. The molecule has 0 bridgehead atoms. The number of nitro groups is 1. The molecule has 1 N–H and O–H groups in total. The highest BCUT2D eigenvalue weighted by Gasteiger charge is 2.15. The molecule has 8 heteroatoms. The van der Waals surface area contributed by atoms with E-state index in [1.165, 1.54) is 18.2 Å². The lowest BCUT2D eigenvalue weighted by atomic mass is 10.2. The van der Waals surface area contributed by atoms with Crippen LogP contribution in [0, 0.1) is 21.4 Å². The first-order chi connectivity index (χ1) is 11.5. The van der Waals surface area contributed by atoms with E-state index in [-0.39, 0.29) is 16.9 Å². The van der Waals surface area contributed by atoms with Crippen molar-refractivity contribution in [2.24, 2.45) is 0 Å². The minimum Gasteiger partial charge on any atom is -0.490 e. The number of halogens is 1. The van der Waals surface area contributed by atoms with E-state index in [2.05, 4.69) is 5.32 Å². The van der Waals surface area contributed by atoms with Gasteiger partial charge in [0.25, 0.3) is 5.69 Å². The molecule has 0 aliphatic carbocycles. The SMILES string of the molecule is COCCOc1ccc(Nc2ccc(C#N)cc2[N+](=O)[O-])cc1Cl. The molecule has 0 amide bonds. The molecule has 124 valence electrons. The molecule has 0 fully saturated rings. The molecule has 2 aromatic rings. The van der Waals surface area contributed by atoms with Crippen LogP contribution in [0.1, 0.15) is 5.56 Å². The molecule has 0 aliphatic rings. The summed E-state index contributed by atoms with van der Waals surface area (Å²) in [5.41, 5.74) is 0.854. The first-order valence-electron chi connectivity index (χ1n) is 6.92. The molecule has 0 atom stereocenters. The number of anilines is 2. The molecular formula is C16H14ClN3O4. The topological polar surface area (TPSA) is 97.4 Å². The summed E-state index contributed by atoms with van der Waals surface area (Å²) in [6.07, 6.45) is 0. The van der Waals surface area contributed by atoms with Gasteiger partial charge < -0.3 is 14.8 Å². The molecule has 0 heterocycles. The monoisotopic (exact) mass is 347 g/mol. The van der Waals surface area contributed by atoms with Gasteiger partial charge in [0.1, 0.15) is 18.0 Å². The van der Waals surface area contributed by atoms with Gasteiger partial charge in [0.15, 0.2) is 0 Å². The van der Waals surface area contributed by atoms with E-state index in [4.69, 9.17) is 26.3 Å². The molecule has 0 aliphatic heterocycles. The van der Waals surface area contributed by atoms with Crippen molar-refractivity contribution in [3.63, 3.8) is 0 Å². The zero-order valence-corrected chi connectivity index (χ0v) is 13.5. The number of hydrogen-bond donors (Lipinski definition) is 1. The number of nitrogens with one attached hydrogen (secondary N) is 1. The third-order valence-corrected chi connectivity index (χ3v) is 3.37. The number of rotatable bonds is 7. The highest BCUT2D eigenvalue weighted by atomic mass is 35.5. The summed E-state index contributed by atoms with van der Waals surface area (Å²) in [5, 5.41) is 23.3. The van der Waals surface area contributed by atoms with Crippen LogP contribution in [0.4, 0.5) is 17.1 Å². The van der Waals surface area contributed by atoms with Gasteiger partial charge in [0, 0.05) is 18.9 Å². The Hall–Kier alpha value is -2.82. The average molecular weight is 348 g/mol. The van der Waals surface area contributed by atoms with Gasteiger partial charge in [-0.25, -0.2) is 0 Å². The Bertz CT molecular complexity index is 789.